The summed E-state index contributed by atoms with van der Waals surface area (Å²) < 4.78 is 5.33. The molecule has 0 aliphatic carbocycles. The first-order valence-electron chi connectivity index (χ1n) is 6.47. The molecule has 6 heteroatoms. The molecule has 21 heavy (non-hydrogen) atoms. The van der Waals surface area contributed by atoms with E-state index in [4.69, 9.17) is 4.42 Å². The van der Waals surface area contributed by atoms with E-state index in [1.54, 1.807) is 18.5 Å². The van der Waals surface area contributed by atoms with Crippen LogP contribution in [0.3, 0.4) is 0 Å². The Morgan fingerprint density at radius 1 is 1.00 bits per heavy atom. The summed E-state index contributed by atoms with van der Waals surface area (Å²) >= 11 is 0. The van der Waals surface area contributed by atoms with Crippen LogP contribution >= 0.6 is 0 Å². The van der Waals surface area contributed by atoms with Gasteiger partial charge >= 0.3 is 0 Å². The Balaban J connectivity index is 1.66. The lowest BCUT2D eigenvalue weighted by atomic mass is 10.3. The summed E-state index contributed by atoms with van der Waals surface area (Å²) in [4.78, 5) is 16.2. The molecule has 0 radical (unpaired) electrons. The van der Waals surface area contributed by atoms with Crippen LogP contribution in [0.1, 0.15) is 0 Å². The molecule has 0 saturated heterocycles. The van der Waals surface area contributed by atoms with Gasteiger partial charge in [-0.3, -0.25) is 5.32 Å². The predicted molar refractivity (Wildman–Crippen MR) is 79.1 cm³/mol. The highest BCUT2D eigenvalue weighted by Crippen LogP contribution is 2.20. The fourth-order valence-electron chi connectivity index (χ4n) is 2.10. The molecule has 0 bridgehead atoms. The first-order chi connectivity index (χ1) is 10.4. The summed E-state index contributed by atoms with van der Waals surface area (Å²) in [6, 6.07) is 13.3. The Morgan fingerprint density at radius 3 is 2.81 bits per heavy atom. The van der Waals surface area contributed by atoms with Crippen molar-refractivity contribution >= 4 is 22.9 Å². The predicted octanol–water partition coefficient (Wildman–Crippen LogP) is 3.36. The molecule has 6 nitrogen and oxygen atoms in total. The highest BCUT2D eigenvalue weighted by molar-refractivity contribution is 5.77. The molecule has 1 aromatic carbocycles. The number of fused-ring (bicyclic) bond motifs is 1. The van der Waals surface area contributed by atoms with Gasteiger partial charge in [-0.15, -0.1) is 0 Å². The highest BCUT2D eigenvalue weighted by Gasteiger charge is 2.07. The summed E-state index contributed by atoms with van der Waals surface area (Å²) in [5, 5.41) is 3.07. The van der Waals surface area contributed by atoms with Gasteiger partial charge in [0, 0.05) is 6.20 Å². The molecule has 0 unspecified atom stereocenters. The Morgan fingerprint density at radius 2 is 1.95 bits per heavy atom. The van der Waals surface area contributed by atoms with Gasteiger partial charge in [-0.25, -0.2) is 15.0 Å². The van der Waals surface area contributed by atoms with Crippen molar-refractivity contribution in [3.63, 3.8) is 0 Å². The van der Waals surface area contributed by atoms with Crippen LogP contribution in [-0.4, -0.2) is 19.9 Å². The van der Waals surface area contributed by atoms with E-state index in [1.807, 2.05) is 36.4 Å². The van der Waals surface area contributed by atoms with Gasteiger partial charge in [0.15, 0.2) is 5.76 Å². The normalized spacial score (nSPS) is 10.9. The molecule has 0 saturated carbocycles. The number of rotatable bonds is 3. The molecule has 0 spiro atoms. The van der Waals surface area contributed by atoms with Gasteiger partial charge in [-0.2, -0.15) is 0 Å². The number of imidazole rings is 1. The molecule has 102 valence electrons. The third kappa shape index (κ3) is 2.23. The molecule has 0 aliphatic rings. The van der Waals surface area contributed by atoms with Crippen LogP contribution in [0.2, 0.25) is 0 Å². The summed E-state index contributed by atoms with van der Waals surface area (Å²) in [5.41, 5.74) is 2.57. The zero-order valence-corrected chi connectivity index (χ0v) is 10.9. The highest BCUT2D eigenvalue weighted by atomic mass is 16.3. The van der Waals surface area contributed by atoms with E-state index in [9.17, 15) is 0 Å². The van der Waals surface area contributed by atoms with Crippen molar-refractivity contribution < 1.29 is 4.42 Å². The van der Waals surface area contributed by atoms with Crippen LogP contribution in [0.4, 0.5) is 11.9 Å². The summed E-state index contributed by atoms with van der Waals surface area (Å²) in [5.74, 6) is 1.76. The fraction of sp³-hybridized carbons (Fsp3) is 0. The first kappa shape index (κ1) is 11.7. The number of anilines is 2. The maximum Gasteiger partial charge on any atom is 0.230 e. The summed E-state index contributed by atoms with van der Waals surface area (Å²) in [6.07, 6.45) is 3.29. The second-order valence-corrected chi connectivity index (χ2v) is 4.47. The molecule has 0 atom stereocenters. The van der Waals surface area contributed by atoms with E-state index in [2.05, 4.69) is 25.3 Å². The number of para-hydroxylation sites is 2. The summed E-state index contributed by atoms with van der Waals surface area (Å²) in [6.45, 7) is 0. The topological polar surface area (TPSA) is 79.6 Å². The van der Waals surface area contributed by atoms with Gasteiger partial charge in [0.2, 0.25) is 11.9 Å². The quantitative estimate of drug-likeness (QED) is 0.600. The molecule has 0 amide bonds. The van der Waals surface area contributed by atoms with Gasteiger partial charge in [-0.05, 0) is 30.3 Å². The van der Waals surface area contributed by atoms with Crippen molar-refractivity contribution in [3.8, 4) is 11.5 Å². The number of nitrogens with one attached hydrogen (secondary N) is 2. The minimum Gasteiger partial charge on any atom is -0.463 e. The monoisotopic (exact) mass is 277 g/mol. The smallest absolute Gasteiger partial charge is 0.230 e. The van der Waals surface area contributed by atoms with Crippen LogP contribution < -0.4 is 5.32 Å². The van der Waals surface area contributed by atoms with Crippen molar-refractivity contribution in [2.45, 2.75) is 0 Å². The van der Waals surface area contributed by atoms with Gasteiger partial charge < -0.3 is 9.40 Å². The average molecular weight is 277 g/mol. The second kappa shape index (κ2) is 4.75. The van der Waals surface area contributed by atoms with Crippen molar-refractivity contribution in [1.29, 1.82) is 0 Å². The van der Waals surface area contributed by atoms with E-state index in [0.717, 1.165) is 11.0 Å². The van der Waals surface area contributed by atoms with E-state index in [0.29, 0.717) is 23.4 Å². The zero-order valence-electron chi connectivity index (χ0n) is 10.9. The Kier molecular flexibility index (Phi) is 2.64. The van der Waals surface area contributed by atoms with Gasteiger partial charge in [-0.1, -0.05) is 12.1 Å². The molecule has 4 rings (SSSR count). The van der Waals surface area contributed by atoms with Crippen molar-refractivity contribution in [3.05, 3.63) is 54.9 Å². The standard InChI is InChI=1S/C15H11N5O/c1-2-5-11-10(4-1)17-15(18-11)20-14-16-8-7-12(19-14)13-6-3-9-21-13/h1-9H,(H2,16,17,18,19,20). The van der Waals surface area contributed by atoms with Gasteiger partial charge in [0.25, 0.3) is 0 Å². The number of aromatic amines is 1. The molecule has 0 aliphatic heterocycles. The van der Waals surface area contributed by atoms with Crippen molar-refractivity contribution in [2.24, 2.45) is 0 Å². The number of furan rings is 1. The van der Waals surface area contributed by atoms with E-state index >= 15 is 0 Å². The Hall–Kier alpha value is -3.15. The van der Waals surface area contributed by atoms with E-state index in [-0.39, 0.29) is 0 Å². The van der Waals surface area contributed by atoms with Crippen molar-refractivity contribution in [2.75, 3.05) is 5.32 Å². The Labute approximate surface area is 119 Å². The molecule has 3 heterocycles. The molecular weight excluding hydrogens is 266 g/mol. The Bertz CT molecular complexity index is 849. The number of aromatic nitrogens is 4. The maximum absolute atomic E-state index is 5.33. The average Bonchev–Trinajstić information content (AvgIpc) is 3.16. The van der Waals surface area contributed by atoms with E-state index < -0.39 is 0 Å². The van der Waals surface area contributed by atoms with Crippen molar-refractivity contribution in [1.82, 2.24) is 19.9 Å². The summed E-state index contributed by atoms with van der Waals surface area (Å²) in [7, 11) is 0. The number of nitrogens with zero attached hydrogens (tertiary/aromatic N) is 3. The number of H-pyrrole nitrogens is 1. The fourth-order valence-corrected chi connectivity index (χ4v) is 2.10. The number of hydrogen-bond donors (Lipinski definition) is 2. The molecular formula is C15H11N5O. The lowest BCUT2D eigenvalue weighted by molar-refractivity contribution is 0.580. The molecule has 3 aromatic heterocycles. The number of hydrogen-bond acceptors (Lipinski definition) is 5. The molecule has 0 fully saturated rings. The van der Waals surface area contributed by atoms with Gasteiger partial charge in [0.1, 0.15) is 5.69 Å². The second-order valence-electron chi connectivity index (χ2n) is 4.47. The lowest BCUT2D eigenvalue weighted by Crippen LogP contribution is -1.98. The van der Waals surface area contributed by atoms with Crippen LogP contribution in [0.5, 0.6) is 0 Å². The van der Waals surface area contributed by atoms with Crippen LogP contribution in [-0.2, 0) is 0 Å². The lowest BCUT2D eigenvalue weighted by Gasteiger charge is -2.02. The minimum absolute atomic E-state index is 0.461. The number of benzene rings is 1. The van der Waals surface area contributed by atoms with Gasteiger partial charge in [0.05, 0.1) is 17.3 Å². The maximum atomic E-state index is 5.33. The molecule has 2 N–H and O–H groups in total. The van der Waals surface area contributed by atoms with Crippen LogP contribution in [0.15, 0.2) is 59.3 Å². The first-order valence-corrected chi connectivity index (χ1v) is 6.47. The minimum atomic E-state index is 0.461. The molecule has 4 aromatic rings. The zero-order chi connectivity index (χ0) is 14.1. The third-order valence-electron chi connectivity index (χ3n) is 3.05. The van der Waals surface area contributed by atoms with Crippen LogP contribution in [0, 0.1) is 0 Å². The van der Waals surface area contributed by atoms with Crippen LogP contribution in [0.25, 0.3) is 22.5 Å². The third-order valence-corrected chi connectivity index (χ3v) is 3.05. The SMILES string of the molecule is c1coc(-c2ccnc(Nc3nc4ccccc4[nH]3)n2)c1. The largest absolute Gasteiger partial charge is 0.463 e. The van der Waals surface area contributed by atoms with E-state index in [1.165, 1.54) is 0 Å².